The fourth-order valence-corrected chi connectivity index (χ4v) is 2.43. The lowest BCUT2D eigenvalue weighted by Crippen LogP contribution is -2.38. The normalized spacial score (nSPS) is 25.2. The van der Waals surface area contributed by atoms with E-state index in [-0.39, 0.29) is 0 Å². The SMILES string of the molecule is CCC(C)CN(CC)C1CCCNCC1. The monoisotopic (exact) mass is 212 g/mol. The summed E-state index contributed by atoms with van der Waals surface area (Å²) in [6, 6.07) is 0.832. The molecule has 0 aromatic heterocycles. The van der Waals surface area contributed by atoms with E-state index in [9.17, 15) is 0 Å². The molecule has 0 aromatic rings. The van der Waals surface area contributed by atoms with Crippen LogP contribution in [-0.2, 0) is 0 Å². The van der Waals surface area contributed by atoms with Crippen molar-refractivity contribution in [2.24, 2.45) is 5.92 Å². The maximum atomic E-state index is 3.50. The van der Waals surface area contributed by atoms with Crippen molar-refractivity contribution < 1.29 is 0 Å². The lowest BCUT2D eigenvalue weighted by atomic mass is 10.0. The molecule has 1 aliphatic rings. The van der Waals surface area contributed by atoms with Gasteiger partial charge in [-0.3, -0.25) is 0 Å². The second-order valence-electron chi connectivity index (χ2n) is 4.94. The van der Waals surface area contributed by atoms with Crippen molar-refractivity contribution in [1.82, 2.24) is 10.2 Å². The molecular weight excluding hydrogens is 184 g/mol. The second-order valence-corrected chi connectivity index (χ2v) is 4.94. The molecule has 0 aromatic carbocycles. The average Bonchev–Trinajstić information content (AvgIpc) is 2.54. The van der Waals surface area contributed by atoms with E-state index in [1.165, 1.54) is 51.9 Å². The van der Waals surface area contributed by atoms with E-state index in [1.807, 2.05) is 0 Å². The van der Waals surface area contributed by atoms with Gasteiger partial charge < -0.3 is 10.2 Å². The molecule has 2 nitrogen and oxygen atoms in total. The number of rotatable bonds is 5. The molecule has 0 amide bonds. The van der Waals surface area contributed by atoms with E-state index in [0.29, 0.717) is 0 Å². The van der Waals surface area contributed by atoms with E-state index in [4.69, 9.17) is 0 Å². The molecule has 90 valence electrons. The Hall–Kier alpha value is -0.0800. The number of hydrogen-bond acceptors (Lipinski definition) is 2. The molecule has 1 rings (SSSR count). The fourth-order valence-electron chi connectivity index (χ4n) is 2.43. The maximum absolute atomic E-state index is 3.50. The minimum absolute atomic E-state index is 0.832. The fraction of sp³-hybridized carbons (Fsp3) is 1.00. The molecular formula is C13H28N2. The van der Waals surface area contributed by atoms with Gasteiger partial charge in [-0.2, -0.15) is 0 Å². The Morgan fingerprint density at radius 1 is 1.27 bits per heavy atom. The zero-order valence-electron chi connectivity index (χ0n) is 10.8. The average molecular weight is 212 g/mol. The predicted molar refractivity (Wildman–Crippen MR) is 67.2 cm³/mol. The van der Waals surface area contributed by atoms with Crippen molar-refractivity contribution in [3.8, 4) is 0 Å². The molecule has 1 heterocycles. The van der Waals surface area contributed by atoms with E-state index in [0.717, 1.165) is 12.0 Å². The van der Waals surface area contributed by atoms with Crippen LogP contribution in [0.25, 0.3) is 0 Å². The summed E-state index contributed by atoms with van der Waals surface area (Å²) in [7, 11) is 0. The third-order valence-electron chi connectivity index (χ3n) is 3.71. The minimum atomic E-state index is 0.832. The molecule has 2 heteroatoms. The van der Waals surface area contributed by atoms with Gasteiger partial charge in [0.15, 0.2) is 0 Å². The van der Waals surface area contributed by atoms with Crippen LogP contribution in [0.4, 0.5) is 0 Å². The van der Waals surface area contributed by atoms with Crippen LogP contribution in [0, 0.1) is 5.92 Å². The molecule has 0 saturated carbocycles. The van der Waals surface area contributed by atoms with Gasteiger partial charge in [-0.1, -0.05) is 27.2 Å². The van der Waals surface area contributed by atoms with Gasteiger partial charge in [0.25, 0.3) is 0 Å². The standard InChI is InChI=1S/C13H28N2/c1-4-12(3)11-15(5-2)13-7-6-9-14-10-8-13/h12-14H,4-11H2,1-3H3. The predicted octanol–water partition coefficient (Wildman–Crippen LogP) is 2.50. The van der Waals surface area contributed by atoms with Gasteiger partial charge in [0.2, 0.25) is 0 Å². The second kappa shape index (κ2) is 7.24. The van der Waals surface area contributed by atoms with Crippen molar-refractivity contribution in [1.29, 1.82) is 0 Å². The first-order valence-corrected chi connectivity index (χ1v) is 6.72. The highest BCUT2D eigenvalue weighted by atomic mass is 15.2. The zero-order chi connectivity index (χ0) is 11.1. The van der Waals surface area contributed by atoms with Crippen LogP contribution in [0.15, 0.2) is 0 Å². The third kappa shape index (κ3) is 4.52. The van der Waals surface area contributed by atoms with E-state index in [1.54, 1.807) is 0 Å². The van der Waals surface area contributed by atoms with Gasteiger partial charge in [-0.25, -0.2) is 0 Å². The molecule has 1 N–H and O–H groups in total. The quantitative estimate of drug-likeness (QED) is 0.753. The summed E-state index contributed by atoms with van der Waals surface area (Å²) in [5.74, 6) is 0.848. The minimum Gasteiger partial charge on any atom is -0.317 e. The Labute approximate surface area is 95.4 Å². The van der Waals surface area contributed by atoms with Crippen LogP contribution in [0.3, 0.4) is 0 Å². The molecule has 0 aliphatic carbocycles. The summed E-state index contributed by atoms with van der Waals surface area (Å²) in [6.45, 7) is 11.9. The lowest BCUT2D eigenvalue weighted by molar-refractivity contribution is 0.165. The van der Waals surface area contributed by atoms with Crippen molar-refractivity contribution in [2.45, 2.75) is 52.5 Å². The van der Waals surface area contributed by atoms with Gasteiger partial charge in [0.1, 0.15) is 0 Å². The first kappa shape index (κ1) is 13.0. The van der Waals surface area contributed by atoms with E-state index < -0.39 is 0 Å². The van der Waals surface area contributed by atoms with E-state index in [2.05, 4.69) is 31.0 Å². The molecule has 15 heavy (non-hydrogen) atoms. The smallest absolute Gasteiger partial charge is 0.0108 e. The molecule has 1 fully saturated rings. The van der Waals surface area contributed by atoms with E-state index >= 15 is 0 Å². The number of nitrogens with zero attached hydrogens (tertiary/aromatic N) is 1. The Morgan fingerprint density at radius 2 is 2.07 bits per heavy atom. The van der Waals surface area contributed by atoms with Crippen LogP contribution in [0.2, 0.25) is 0 Å². The summed E-state index contributed by atoms with van der Waals surface area (Å²) in [4.78, 5) is 2.70. The van der Waals surface area contributed by atoms with Crippen LogP contribution in [0.1, 0.15) is 46.5 Å². The molecule has 2 atom stereocenters. The van der Waals surface area contributed by atoms with Crippen molar-refractivity contribution in [2.75, 3.05) is 26.2 Å². The van der Waals surface area contributed by atoms with Gasteiger partial charge in [-0.15, -0.1) is 0 Å². The summed E-state index contributed by atoms with van der Waals surface area (Å²) >= 11 is 0. The largest absolute Gasteiger partial charge is 0.317 e. The molecule has 1 aliphatic heterocycles. The van der Waals surface area contributed by atoms with Crippen LogP contribution in [-0.4, -0.2) is 37.1 Å². The van der Waals surface area contributed by atoms with Crippen molar-refractivity contribution >= 4 is 0 Å². The summed E-state index contributed by atoms with van der Waals surface area (Å²) in [6.07, 6.45) is 5.38. The van der Waals surface area contributed by atoms with Crippen LogP contribution in [0.5, 0.6) is 0 Å². The Kier molecular flexibility index (Phi) is 6.26. The summed E-state index contributed by atoms with van der Waals surface area (Å²) in [5.41, 5.74) is 0. The molecule has 0 bridgehead atoms. The highest BCUT2D eigenvalue weighted by Gasteiger charge is 2.19. The lowest BCUT2D eigenvalue weighted by Gasteiger charge is -2.31. The number of nitrogens with one attached hydrogen (secondary N) is 1. The topological polar surface area (TPSA) is 15.3 Å². The van der Waals surface area contributed by atoms with Crippen molar-refractivity contribution in [3.63, 3.8) is 0 Å². The van der Waals surface area contributed by atoms with Gasteiger partial charge in [0.05, 0.1) is 0 Å². The molecule has 1 saturated heterocycles. The first-order valence-electron chi connectivity index (χ1n) is 6.72. The van der Waals surface area contributed by atoms with Gasteiger partial charge >= 0.3 is 0 Å². The molecule has 0 spiro atoms. The Bertz CT molecular complexity index is 151. The molecule has 2 unspecified atom stereocenters. The highest BCUT2D eigenvalue weighted by Crippen LogP contribution is 2.15. The highest BCUT2D eigenvalue weighted by molar-refractivity contribution is 4.76. The zero-order valence-corrected chi connectivity index (χ0v) is 10.8. The molecule has 0 radical (unpaired) electrons. The first-order chi connectivity index (χ1) is 7.27. The Balaban J connectivity index is 2.40. The van der Waals surface area contributed by atoms with Crippen LogP contribution >= 0.6 is 0 Å². The number of hydrogen-bond donors (Lipinski definition) is 1. The third-order valence-corrected chi connectivity index (χ3v) is 3.71. The van der Waals surface area contributed by atoms with Gasteiger partial charge in [-0.05, 0) is 44.8 Å². The summed E-state index contributed by atoms with van der Waals surface area (Å²) < 4.78 is 0. The Morgan fingerprint density at radius 3 is 2.73 bits per heavy atom. The van der Waals surface area contributed by atoms with Crippen LogP contribution < -0.4 is 5.32 Å². The summed E-state index contributed by atoms with van der Waals surface area (Å²) in [5, 5.41) is 3.50. The van der Waals surface area contributed by atoms with Gasteiger partial charge in [0, 0.05) is 12.6 Å². The maximum Gasteiger partial charge on any atom is 0.0108 e. The van der Waals surface area contributed by atoms with Crippen molar-refractivity contribution in [3.05, 3.63) is 0 Å².